The Hall–Kier alpha value is -6.52. The first-order chi connectivity index (χ1) is 24.6. The van der Waals surface area contributed by atoms with Crippen LogP contribution < -0.4 is 0 Å². The fourth-order valence-electron chi connectivity index (χ4n) is 7.08. The second-order valence-corrected chi connectivity index (χ2v) is 12.3. The summed E-state index contributed by atoms with van der Waals surface area (Å²) in [4.78, 5) is 19.8. The van der Waals surface area contributed by atoms with Crippen LogP contribution in [0.15, 0.2) is 159 Å². The number of pyridine rings is 1. The number of aromatic nitrogens is 4. The van der Waals surface area contributed by atoms with Crippen molar-refractivity contribution in [3.63, 3.8) is 0 Å². The molecule has 0 aliphatic carbocycles. The van der Waals surface area contributed by atoms with Crippen molar-refractivity contribution in [2.75, 3.05) is 0 Å². The topological polar surface area (TPSA) is 51.6 Å². The maximum absolute atomic E-state index is 5.28. The summed E-state index contributed by atoms with van der Waals surface area (Å²) in [5.41, 5.74) is 6.27. The third kappa shape index (κ3) is 5.47. The lowest BCUT2D eigenvalue weighted by Gasteiger charge is -2.19. The van der Waals surface area contributed by atoms with Gasteiger partial charge in [-0.1, -0.05) is 128 Å². The number of hydrogen-bond donors (Lipinski definition) is 0. The monoisotopic (exact) mass is 642 g/mol. The zero-order valence-electron chi connectivity index (χ0n) is 27.8. The van der Waals surface area contributed by atoms with Gasteiger partial charge in [0.05, 0.1) is 0 Å². The number of benzene rings is 6. The molecule has 238 valence electrons. The van der Waals surface area contributed by atoms with E-state index in [1.54, 1.807) is 6.08 Å². The Kier molecular flexibility index (Phi) is 8.11. The van der Waals surface area contributed by atoms with Crippen LogP contribution in [-0.4, -0.2) is 19.9 Å². The third-order valence-electron chi connectivity index (χ3n) is 9.37. The van der Waals surface area contributed by atoms with E-state index >= 15 is 0 Å². The van der Waals surface area contributed by atoms with Crippen LogP contribution in [0, 0.1) is 6.92 Å². The standard InChI is InChI=1S/C46H34N4/c1-4-6-7-8-9-21-42-48-45(40-20-14-19-36-37(40)23-22-34-28-32-15-10-11-16-33(32)29-41(34)36)50-46(49-42)43-30(3)35(5-2)44(31-24-26-47-27-25-31)39-18-13-12-17-38(39)43/h4-20,22-29H,1-2,21H2,3H3/b7-6-,9-8-. The molecule has 0 aliphatic rings. The van der Waals surface area contributed by atoms with Crippen molar-refractivity contribution in [3.8, 4) is 33.9 Å². The van der Waals surface area contributed by atoms with E-state index in [-0.39, 0.29) is 0 Å². The van der Waals surface area contributed by atoms with Crippen LogP contribution in [0.3, 0.4) is 0 Å². The zero-order chi connectivity index (χ0) is 34.0. The van der Waals surface area contributed by atoms with Crippen molar-refractivity contribution >= 4 is 49.2 Å². The molecule has 0 unspecified atom stereocenters. The van der Waals surface area contributed by atoms with Crippen molar-refractivity contribution in [2.45, 2.75) is 13.3 Å². The van der Waals surface area contributed by atoms with E-state index in [2.05, 4.69) is 122 Å². The van der Waals surface area contributed by atoms with Crippen LogP contribution in [0.4, 0.5) is 0 Å². The third-order valence-corrected chi connectivity index (χ3v) is 9.37. The number of allylic oxidation sites excluding steroid dienone is 5. The van der Waals surface area contributed by atoms with Gasteiger partial charge in [-0.05, 0) is 96.5 Å². The summed E-state index contributed by atoms with van der Waals surface area (Å²) >= 11 is 0. The molecule has 2 aromatic heterocycles. The highest BCUT2D eigenvalue weighted by atomic mass is 15.0. The number of hydrogen-bond acceptors (Lipinski definition) is 4. The molecule has 0 aliphatic heterocycles. The Morgan fingerprint density at radius 3 is 2.08 bits per heavy atom. The fraction of sp³-hybridized carbons (Fsp3) is 0.0435. The lowest BCUT2D eigenvalue weighted by Crippen LogP contribution is -2.05. The number of fused-ring (bicyclic) bond motifs is 5. The maximum Gasteiger partial charge on any atom is 0.164 e. The molecular weight excluding hydrogens is 609 g/mol. The van der Waals surface area contributed by atoms with Gasteiger partial charge < -0.3 is 0 Å². The Bertz CT molecular complexity index is 2670. The van der Waals surface area contributed by atoms with E-state index in [1.807, 2.05) is 48.8 Å². The molecule has 0 N–H and O–H groups in total. The Morgan fingerprint density at radius 2 is 1.30 bits per heavy atom. The number of rotatable bonds is 8. The van der Waals surface area contributed by atoms with E-state index in [0.29, 0.717) is 23.9 Å². The maximum atomic E-state index is 5.28. The molecule has 0 spiro atoms. The van der Waals surface area contributed by atoms with Gasteiger partial charge in [-0.3, -0.25) is 4.98 Å². The smallest absolute Gasteiger partial charge is 0.164 e. The summed E-state index contributed by atoms with van der Waals surface area (Å²) in [6, 6.07) is 36.5. The highest BCUT2D eigenvalue weighted by molar-refractivity contribution is 6.15. The van der Waals surface area contributed by atoms with E-state index in [0.717, 1.165) is 49.5 Å². The van der Waals surface area contributed by atoms with Crippen molar-refractivity contribution in [1.29, 1.82) is 0 Å². The highest BCUT2D eigenvalue weighted by Crippen LogP contribution is 2.42. The summed E-state index contributed by atoms with van der Waals surface area (Å²) in [7, 11) is 0. The molecule has 2 heterocycles. The minimum atomic E-state index is 0.546. The van der Waals surface area contributed by atoms with Crippen LogP contribution in [0.25, 0.3) is 83.1 Å². The van der Waals surface area contributed by atoms with E-state index in [9.17, 15) is 0 Å². The van der Waals surface area contributed by atoms with Crippen LogP contribution in [0.5, 0.6) is 0 Å². The SMILES string of the molecule is C=C/C=C\C=C/Cc1nc(-c2c(C)c(C=C)c(-c3ccncc3)c3ccccc23)nc(-c2cccc3c2ccc2cc4ccccc4cc23)n1. The van der Waals surface area contributed by atoms with E-state index in [4.69, 9.17) is 15.0 Å². The number of nitrogens with zero attached hydrogens (tertiary/aromatic N) is 4. The van der Waals surface area contributed by atoms with Gasteiger partial charge in [-0.15, -0.1) is 0 Å². The molecule has 8 rings (SSSR count). The molecule has 50 heavy (non-hydrogen) atoms. The first kappa shape index (κ1) is 30.8. The molecule has 4 nitrogen and oxygen atoms in total. The molecule has 0 fully saturated rings. The lowest BCUT2D eigenvalue weighted by atomic mass is 9.86. The fourth-order valence-corrected chi connectivity index (χ4v) is 7.08. The molecule has 0 radical (unpaired) electrons. The van der Waals surface area contributed by atoms with Crippen LogP contribution >= 0.6 is 0 Å². The van der Waals surface area contributed by atoms with Gasteiger partial charge in [0, 0.05) is 29.9 Å². The van der Waals surface area contributed by atoms with Crippen LogP contribution in [-0.2, 0) is 6.42 Å². The average Bonchev–Trinajstić information content (AvgIpc) is 3.16. The molecule has 0 saturated heterocycles. The molecular formula is C46H34N4. The summed E-state index contributed by atoms with van der Waals surface area (Å²) in [5.74, 6) is 1.98. The summed E-state index contributed by atoms with van der Waals surface area (Å²) in [5, 5.41) is 9.31. The first-order valence-electron chi connectivity index (χ1n) is 16.8. The largest absolute Gasteiger partial charge is 0.265 e. The quantitative estimate of drug-likeness (QED) is 0.0940. The first-order valence-corrected chi connectivity index (χ1v) is 16.8. The van der Waals surface area contributed by atoms with Gasteiger partial charge in [0.1, 0.15) is 5.82 Å². The van der Waals surface area contributed by atoms with Crippen molar-refractivity contribution in [3.05, 3.63) is 176 Å². The lowest BCUT2D eigenvalue weighted by molar-refractivity contribution is 0.948. The molecule has 0 atom stereocenters. The summed E-state index contributed by atoms with van der Waals surface area (Å²) in [6.07, 6.45) is 15.8. The second-order valence-electron chi connectivity index (χ2n) is 12.3. The predicted molar refractivity (Wildman–Crippen MR) is 211 cm³/mol. The predicted octanol–water partition coefficient (Wildman–Crippen LogP) is 11.7. The van der Waals surface area contributed by atoms with Crippen molar-refractivity contribution in [1.82, 2.24) is 19.9 Å². The molecule has 6 aromatic carbocycles. The van der Waals surface area contributed by atoms with Crippen LogP contribution in [0.1, 0.15) is 17.0 Å². The average molecular weight is 643 g/mol. The van der Waals surface area contributed by atoms with E-state index < -0.39 is 0 Å². The Balaban J connectivity index is 1.38. The van der Waals surface area contributed by atoms with Crippen LogP contribution in [0.2, 0.25) is 0 Å². The second kappa shape index (κ2) is 13.2. The van der Waals surface area contributed by atoms with Gasteiger partial charge in [-0.2, -0.15) is 0 Å². The van der Waals surface area contributed by atoms with Gasteiger partial charge in [0.15, 0.2) is 11.6 Å². The van der Waals surface area contributed by atoms with Gasteiger partial charge in [-0.25, -0.2) is 15.0 Å². The Labute approximate surface area is 291 Å². The summed E-state index contributed by atoms with van der Waals surface area (Å²) < 4.78 is 0. The molecule has 8 aromatic rings. The molecule has 4 heteroatoms. The summed E-state index contributed by atoms with van der Waals surface area (Å²) in [6.45, 7) is 10.2. The normalized spacial score (nSPS) is 11.8. The molecule has 0 amide bonds. The van der Waals surface area contributed by atoms with Gasteiger partial charge in [0.2, 0.25) is 0 Å². The van der Waals surface area contributed by atoms with Crippen molar-refractivity contribution < 1.29 is 0 Å². The van der Waals surface area contributed by atoms with E-state index in [1.165, 1.54) is 26.9 Å². The molecule has 0 saturated carbocycles. The molecule has 0 bridgehead atoms. The Morgan fingerprint density at radius 1 is 0.580 bits per heavy atom. The minimum absolute atomic E-state index is 0.546. The van der Waals surface area contributed by atoms with Gasteiger partial charge in [0.25, 0.3) is 0 Å². The van der Waals surface area contributed by atoms with Crippen molar-refractivity contribution in [2.24, 2.45) is 0 Å². The highest BCUT2D eigenvalue weighted by Gasteiger charge is 2.21. The minimum Gasteiger partial charge on any atom is -0.265 e. The zero-order valence-corrected chi connectivity index (χ0v) is 27.8. The van der Waals surface area contributed by atoms with Gasteiger partial charge >= 0.3 is 0 Å².